The van der Waals surface area contributed by atoms with Gasteiger partial charge in [-0.3, -0.25) is 15.0 Å². The minimum atomic E-state index is -0.514. The summed E-state index contributed by atoms with van der Waals surface area (Å²) in [6.45, 7) is 8.08. The highest BCUT2D eigenvalue weighted by molar-refractivity contribution is 6.13. The summed E-state index contributed by atoms with van der Waals surface area (Å²) in [6, 6.07) is 1.73. The third-order valence-corrected chi connectivity index (χ3v) is 4.00. The van der Waals surface area contributed by atoms with Crippen LogP contribution in [0.4, 0.5) is 10.7 Å². The SMILES string of the molecule is CC(C)N1CCN(c2nccc(C=C3NC(=O)NC3=O)n2)CC1. The highest BCUT2D eigenvalue weighted by atomic mass is 16.2. The molecule has 0 aliphatic carbocycles. The predicted molar refractivity (Wildman–Crippen MR) is 85.6 cm³/mol. The first-order valence-electron chi connectivity index (χ1n) is 7.69. The Morgan fingerprint density at radius 3 is 2.52 bits per heavy atom. The van der Waals surface area contributed by atoms with E-state index in [1.165, 1.54) is 0 Å². The molecule has 2 aliphatic heterocycles. The Kier molecular flexibility index (Phi) is 4.24. The van der Waals surface area contributed by atoms with Gasteiger partial charge in [-0.05, 0) is 26.0 Å². The lowest BCUT2D eigenvalue weighted by Gasteiger charge is -2.36. The fourth-order valence-electron chi connectivity index (χ4n) is 2.66. The first-order valence-corrected chi connectivity index (χ1v) is 7.69. The van der Waals surface area contributed by atoms with Gasteiger partial charge in [0.05, 0.1) is 5.69 Å². The van der Waals surface area contributed by atoms with Gasteiger partial charge in [0.15, 0.2) is 0 Å². The molecule has 3 rings (SSSR count). The number of piperazine rings is 1. The van der Waals surface area contributed by atoms with Crippen LogP contribution in [0.25, 0.3) is 6.08 Å². The van der Waals surface area contributed by atoms with Gasteiger partial charge in [0.2, 0.25) is 5.95 Å². The number of nitrogens with zero attached hydrogens (tertiary/aromatic N) is 4. The molecule has 0 spiro atoms. The zero-order valence-electron chi connectivity index (χ0n) is 13.2. The number of amides is 3. The molecule has 2 saturated heterocycles. The number of imide groups is 1. The van der Waals surface area contributed by atoms with Gasteiger partial charge in [-0.1, -0.05) is 0 Å². The molecule has 1 aromatic heterocycles. The third kappa shape index (κ3) is 3.48. The molecule has 2 fully saturated rings. The summed E-state index contributed by atoms with van der Waals surface area (Å²) in [5.41, 5.74) is 0.790. The molecule has 1 aromatic rings. The van der Waals surface area contributed by atoms with Gasteiger partial charge in [0.1, 0.15) is 5.70 Å². The van der Waals surface area contributed by atoms with E-state index < -0.39 is 11.9 Å². The predicted octanol–water partition coefficient (Wildman–Crippen LogP) is 0.187. The van der Waals surface area contributed by atoms with E-state index in [-0.39, 0.29) is 5.70 Å². The number of anilines is 1. The van der Waals surface area contributed by atoms with Crippen LogP contribution in [0.2, 0.25) is 0 Å². The van der Waals surface area contributed by atoms with E-state index in [0.717, 1.165) is 26.2 Å². The highest BCUT2D eigenvalue weighted by Gasteiger charge is 2.24. The van der Waals surface area contributed by atoms with Crippen LogP contribution in [-0.2, 0) is 4.79 Å². The van der Waals surface area contributed by atoms with Crippen molar-refractivity contribution in [2.75, 3.05) is 31.1 Å². The molecule has 0 bridgehead atoms. The molecular formula is C15H20N6O2. The summed E-state index contributed by atoms with van der Waals surface area (Å²) in [5.74, 6) is 0.202. The quantitative estimate of drug-likeness (QED) is 0.611. The number of nitrogens with one attached hydrogen (secondary N) is 2. The van der Waals surface area contributed by atoms with Crippen molar-refractivity contribution in [2.45, 2.75) is 19.9 Å². The van der Waals surface area contributed by atoms with E-state index in [4.69, 9.17) is 0 Å². The van der Waals surface area contributed by atoms with Gasteiger partial charge in [-0.25, -0.2) is 14.8 Å². The Bertz CT molecular complexity index is 649. The van der Waals surface area contributed by atoms with Crippen LogP contribution in [0.1, 0.15) is 19.5 Å². The number of hydrogen-bond acceptors (Lipinski definition) is 6. The molecule has 0 aromatic carbocycles. The highest BCUT2D eigenvalue weighted by Crippen LogP contribution is 2.14. The molecular weight excluding hydrogens is 296 g/mol. The van der Waals surface area contributed by atoms with Gasteiger partial charge in [0.25, 0.3) is 5.91 Å². The Balaban J connectivity index is 1.72. The molecule has 23 heavy (non-hydrogen) atoms. The summed E-state index contributed by atoms with van der Waals surface area (Å²) < 4.78 is 0. The van der Waals surface area contributed by atoms with Crippen LogP contribution in [0.15, 0.2) is 18.0 Å². The van der Waals surface area contributed by atoms with Crippen molar-refractivity contribution < 1.29 is 9.59 Å². The fraction of sp³-hybridized carbons (Fsp3) is 0.467. The van der Waals surface area contributed by atoms with Crippen LogP contribution in [0.5, 0.6) is 0 Å². The Hall–Kier alpha value is -2.48. The molecule has 0 atom stereocenters. The summed E-state index contributed by atoms with van der Waals surface area (Å²) in [5, 5.41) is 4.61. The molecule has 8 nitrogen and oxygen atoms in total. The van der Waals surface area contributed by atoms with Crippen molar-refractivity contribution in [2.24, 2.45) is 0 Å². The lowest BCUT2D eigenvalue weighted by molar-refractivity contribution is -0.115. The maximum absolute atomic E-state index is 11.6. The Morgan fingerprint density at radius 2 is 1.91 bits per heavy atom. The number of rotatable bonds is 3. The third-order valence-electron chi connectivity index (χ3n) is 4.00. The summed E-state index contributed by atoms with van der Waals surface area (Å²) >= 11 is 0. The molecule has 0 radical (unpaired) electrons. The zero-order valence-corrected chi connectivity index (χ0v) is 13.2. The number of hydrogen-bond donors (Lipinski definition) is 2. The van der Waals surface area contributed by atoms with E-state index in [1.807, 2.05) is 0 Å². The minimum absolute atomic E-state index is 0.198. The second-order valence-corrected chi connectivity index (χ2v) is 5.86. The van der Waals surface area contributed by atoms with Gasteiger partial charge >= 0.3 is 6.03 Å². The standard InChI is InChI=1S/C15H20N6O2/c1-10(2)20-5-7-21(8-6-20)14-16-4-3-11(17-14)9-12-13(22)19-15(23)18-12/h3-4,9-10H,5-8H2,1-2H3,(H2,18,19,22,23). The van der Waals surface area contributed by atoms with E-state index in [9.17, 15) is 9.59 Å². The molecule has 0 saturated carbocycles. The molecule has 8 heteroatoms. The minimum Gasteiger partial charge on any atom is -0.338 e. The van der Waals surface area contributed by atoms with Crippen molar-refractivity contribution in [3.63, 3.8) is 0 Å². The fourth-order valence-corrected chi connectivity index (χ4v) is 2.66. The second kappa shape index (κ2) is 6.33. The molecule has 0 unspecified atom stereocenters. The Labute approximate surface area is 134 Å². The molecule has 2 N–H and O–H groups in total. The summed E-state index contributed by atoms with van der Waals surface area (Å²) in [7, 11) is 0. The molecule has 3 amide bonds. The first kappa shape index (κ1) is 15.4. The largest absolute Gasteiger partial charge is 0.338 e. The number of urea groups is 1. The van der Waals surface area contributed by atoms with Crippen molar-refractivity contribution >= 4 is 24.0 Å². The maximum atomic E-state index is 11.6. The lowest BCUT2D eigenvalue weighted by atomic mass is 10.2. The topological polar surface area (TPSA) is 90.5 Å². The Morgan fingerprint density at radius 1 is 1.17 bits per heavy atom. The average molecular weight is 316 g/mol. The number of carbonyl (C=O) groups excluding carboxylic acids is 2. The molecule has 122 valence electrons. The summed E-state index contributed by atoms with van der Waals surface area (Å²) in [6.07, 6.45) is 3.22. The molecule has 2 aliphatic rings. The van der Waals surface area contributed by atoms with Gasteiger partial charge in [0, 0.05) is 38.4 Å². The average Bonchev–Trinajstić information content (AvgIpc) is 2.85. The summed E-state index contributed by atoms with van der Waals surface area (Å²) in [4.78, 5) is 36.0. The van der Waals surface area contributed by atoms with E-state index >= 15 is 0 Å². The number of carbonyl (C=O) groups is 2. The van der Waals surface area contributed by atoms with Crippen molar-refractivity contribution in [3.8, 4) is 0 Å². The van der Waals surface area contributed by atoms with Gasteiger partial charge in [-0.15, -0.1) is 0 Å². The van der Waals surface area contributed by atoms with Crippen molar-refractivity contribution in [1.82, 2.24) is 25.5 Å². The van der Waals surface area contributed by atoms with E-state index in [0.29, 0.717) is 17.7 Å². The number of aromatic nitrogens is 2. The van der Waals surface area contributed by atoms with Crippen LogP contribution in [0.3, 0.4) is 0 Å². The van der Waals surface area contributed by atoms with E-state index in [2.05, 4.69) is 44.2 Å². The van der Waals surface area contributed by atoms with Gasteiger partial charge < -0.3 is 10.2 Å². The second-order valence-electron chi connectivity index (χ2n) is 5.86. The molecule has 3 heterocycles. The normalized spacial score (nSPS) is 21.0. The van der Waals surface area contributed by atoms with Crippen molar-refractivity contribution in [3.05, 3.63) is 23.7 Å². The van der Waals surface area contributed by atoms with Crippen LogP contribution in [-0.4, -0.2) is 59.0 Å². The van der Waals surface area contributed by atoms with Crippen LogP contribution >= 0.6 is 0 Å². The van der Waals surface area contributed by atoms with Crippen molar-refractivity contribution in [1.29, 1.82) is 0 Å². The monoisotopic (exact) mass is 316 g/mol. The lowest BCUT2D eigenvalue weighted by Crippen LogP contribution is -2.49. The van der Waals surface area contributed by atoms with E-state index in [1.54, 1.807) is 18.3 Å². The zero-order chi connectivity index (χ0) is 16.4. The van der Waals surface area contributed by atoms with Gasteiger partial charge in [-0.2, -0.15) is 0 Å². The maximum Gasteiger partial charge on any atom is 0.326 e. The van der Waals surface area contributed by atoms with Crippen LogP contribution in [0, 0.1) is 0 Å². The first-order chi connectivity index (χ1) is 11.0. The van der Waals surface area contributed by atoms with Crippen LogP contribution < -0.4 is 15.5 Å². The smallest absolute Gasteiger partial charge is 0.326 e.